The van der Waals surface area contributed by atoms with Crippen LogP contribution in [0.25, 0.3) is 11.4 Å². The highest BCUT2D eigenvalue weighted by Gasteiger charge is 2.17. The first-order valence-electron chi connectivity index (χ1n) is 10.0. The minimum absolute atomic E-state index is 0.0376. The highest BCUT2D eigenvalue weighted by atomic mass is 32.2. The second-order valence-electron chi connectivity index (χ2n) is 7.13. The average molecular weight is 425 g/mol. The number of aromatic nitrogens is 3. The van der Waals surface area contributed by atoms with Gasteiger partial charge in [0, 0.05) is 19.2 Å². The van der Waals surface area contributed by atoms with Crippen molar-refractivity contribution in [2.75, 3.05) is 26.0 Å². The molecule has 0 aliphatic carbocycles. The maximum atomic E-state index is 12.5. The summed E-state index contributed by atoms with van der Waals surface area (Å²) >= 11 is 1.42. The number of aryl methyl sites for hydroxylation is 2. The minimum Gasteiger partial charge on any atom is -0.492 e. The van der Waals surface area contributed by atoms with E-state index in [1.807, 2.05) is 49.4 Å². The highest BCUT2D eigenvalue weighted by molar-refractivity contribution is 7.99. The third kappa shape index (κ3) is 5.42. The molecule has 0 N–H and O–H groups in total. The van der Waals surface area contributed by atoms with Crippen LogP contribution in [0.2, 0.25) is 0 Å². The second kappa shape index (κ2) is 10.3. The number of likely N-dealkylation sites (N-methyl/N-ethyl adjacent to an activating group) is 1. The number of carbonyl (C=O) groups is 1. The smallest absolute Gasteiger partial charge is 0.232 e. The summed E-state index contributed by atoms with van der Waals surface area (Å²) in [6.07, 6.45) is 0. The van der Waals surface area contributed by atoms with Crippen molar-refractivity contribution in [2.45, 2.75) is 32.5 Å². The highest BCUT2D eigenvalue weighted by Crippen LogP contribution is 2.26. The van der Waals surface area contributed by atoms with Gasteiger partial charge >= 0.3 is 0 Å². The van der Waals surface area contributed by atoms with E-state index >= 15 is 0 Å². The number of thioether (sulfide) groups is 1. The molecular formula is C23H28N4O2S. The lowest BCUT2D eigenvalue weighted by atomic mass is 10.1. The van der Waals surface area contributed by atoms with E-state index in [2.05, 4.69) is 34.7 Å². The number of hydrogen-bond acceptors (Lipinski definition) is 5. The van der Waals surface area contributed by atoms with Crippen LogP contribution in [-0.2, 0) is 11.3 Å². The number of ether oxygens (including phenoxy) is 1. The molecule has 0 saturated carbocycles. The molecule has 6 nitrogen and oxygen atoms in total. The SMILES string of the molecule is CCn1c(SCC(=O)N(C)CCOc2ccc(C)cc2)nnc1-c1ccccc1C. The first-order valence-corrected chi connectivity index (χ1v) is 11.0. The van der Waals surface area contributed by atoms with Crippen molar-refractivity contribution in [3.05, 3.63) is 59.7 Å². The van der Waals surface area contributed by atoms with Crippen LogP contribution in [0.4, 0.5) is 0 Å². The lowest BCUT2D eigenvalue weighted by molar-refractivity contribution is -0.127. The van der Waals surface area contributed by atoms with E-state index in [1.54, 1.807) is 11.9 Å². The first kappa shape index (κ1) is 21.9. The molecule has 1 amide bonds. The predicted octanol–water partition coefficient (Wildman–Crippen LogP) is 4.21. The van der Waals surface area contributed by atoms with Gasteiger partial charge in [-0.2, -0.15) is 0 Å². The Morgan fingerprint density at radius 2 is 1.83 bits per heavy atom. The summed E-state index contributed by atoms with van der Waals surface area (Å²) in [7, 11) is 1.80. The molecule has 0 radical (unpaired) electrons. The number of amides is 1. The Kier molecular flexibility index (Phi) is 7.52. The van der Waals surface area contributed by atoms with Crippen molar-refractivity contribution in [1.29, 1.82) is 0 Å². The van der Waals surface area contributed by atoms with E-state index < -0.39 is 0 Å². The summed E-state index contributed by atoms with van der Waals surface area (Å²) in [6, 6.07) is 16.0. The van der Waals surface area contributed by atoms with Gasteiger partial charge in [0.2, 0.25) is 5.91 Å². The first-order chi connectivity index (χ1) is 14.5. The second-order valence-corrected chi connectivity index (χ2v) is 8.07. The lowest BCUT2D eigenvalue weighted by Crippen LogP contribution is -2.32. The van der Waals surface area contributed by atoms with Crippen molar-refractivity contribution < 1.29 is 9.53 Å². The Bertz CT molecular complexity index is 985. The number of benzene rings is 2. The summed E-state index contributed by atoms with van der Waals surface area (Å²) in [5.74, 6) is 2.00. The van der Waals surface area contributed by atoms with Crippen LogP contribution in [0.5, 0.6) is 5.75 Å². The molecule has 7 heteroatoms. The van der Waals surface area contributed by atoms with Gasteiger partial charge < -0.3 is 14.2 Å². The Balaban J connectivity index is 1.54. The van der Waals surface area contributed by atoms with Crippen LogP contribution >= 0.6 is 11.8 Å². The van der Waals surface area contributed by atoms with E-state index in [0.29, 0.717) is 18.9 Å². The van der Waals surface area contributed by atoms with Crippen molar-refractivity contribution in [3.63, 3.8) is 0 Å². The topological polar surface area (TPSA) is 60.2 Å². The van der Waals surface area contributed by atoms with Crippen molar-refractivity contribution in [3.8, 4) is 17.1 Å². The van der Waals surface area contributed by atoms with E-state index in [9.17, 15) is 4.79 Å². The van der Waals surface area contributed by atoms with Gasteiger partial charge in [-0.25, -0.2) is 0 Å². The molecule has 158 valence electrons. The molecule has 0 atom stereocenters. The normalized spacial score (nSPS) is 10.8. The van der Waals surface area contributed by atoms with E-state index in [0.717, 1.165) is 34.4 Å². The number of rotatable bonds is 9. The lowest BCUT2D eigenvalue weighted by Gasteiger charge is -2.17. The molecule has 2 aromatic carbocycles. The molecule has 0 saturated heterocycles. The molecule has 30 heavy (non-hydrogen) atoms. The Morgan fingerprint density at radius 3 is 2.53 bits per heavy atom. The van der Waals surface area contributed by atoms with E-state index in [4.69, 9.17) is 4.74 Å². The molecule has 3 rings (SSSR count). The van der Waals surface area contributed by atoms with Gasteiger partial charge in [-0.1, -0.05) is 53.7 Å². The molecule has 1 heterocycles. The maximum absolute atomic E-state index is 12.5. The van der Waals surface area contributed by atoms with Gasteiger partial charge in [0.25, 0.3) is 0 Å². The standard InChI is InChI=1S/C23H28N4O2S/c1-5-27-22(20-9-7-6-8-18(20)3)24-25-23(27)30-16-21(28)26(4)14-15-29-19-12-10-17(2)11-13-19/h6-13H,5,14-16H2,1-4H3. The quantitative estimate of drug-likeness (QED) is 0.482. The molecule has 0 aliphatic rings. The monoisotopic (exact) mass is 424 g/mol. The third-order valence-corrected chi connectivity index (χ3v) is 5.84. The molecular weight excluding hydrogens is 396 g/mol. The van der Waals surface area contributed by atoms with Gasteiger partial charge in [-0.15, -0.1) is 10.2 Å². The van der Waals surface area contributed by atoms with E-state index in [-0.39, 0.29) is 5.91 Å². The van der Waals surface area contributed by atoms with Crippen molar-refractivity contribution in [2.24, 2.45) is 0 Å². The van der Waals surface area contributed by atoms with Gasteiger partial charge in [0.15, 0.2) is 11.0 Å². The summed E-state index contributed by atoms with van der Waals surface area (Å²) in [6.45, 7) is 7.89. The summed E-state index contributed by atoms with van der Waals surface area (Å²) < 4.78 is 7.77. The third-order valence-electron chi connectivity index (χ3n) is 4.89. The number of carbonyl (C=O) groups excluding carboxylic acids is 1. The number of nitrogens with zero attached hydrogens (tertiary/aromatic N) is 4. The fourth-order valence-corrected chi connectivity index (χ4v) is 3.94. The van der Waals surface area contributed by atoms with Crippen LogP contribution in [0.1, 0.15) is 18.1 Å². The molecule has 0 bridgehead atoms. The van der Waals surface area contributed by atoms with Gasteiger partial charge in [-0.05, 0) is 38.5 Å². The fraction of sp³-hybridized carbons (Fsp3) is 0.348. The fourth-order valence-electron chi connectivity index (χ4n) is 3.00. The van der Waals surface area contributed by atoms with Gasteiger partial charge in [-0.3, -0.25) is 4.79 Å². The Labute approximate surface area is 182 Å². The van der Waals surface area contributed by atoms with E-state index in [1.165, 1.54) is 17.3 Å². The minimum atomic E-state index is 0.0376. The zero-order valence-corrected chi connectivity index (χ0v) is 18.8. The average Bonchev–Trinajstić information content (AvgIpc) is 3.16. The molecule has 1 aromatic heterocycles. The summed E-state index contributed by atoms with van der Waals surface area (Å²) in [4.78, 5) is 14.2. The molecule has 0 fully saturated rings. The zero-order valence-electron chi connectivity index (χ0n) is 18.0. The van der Waals surface area contributed by atoms with Crippen LogP contribution in [0.3, 0.4) is 0 Å². The Morgan fingerprint density at radius 1 is 1.10 bits per heavy atom. The van der Waals surface area contributed by atoms with Gasteiger partial charge in [0.1, 0.15) is 12.4 Å². The molecule has 3 aromatic rings. The van der Waals surface area contributed by atoms with Gasteiger partial charge in [0.05, 0.1) is 12.3 Å². The molecule has 0 unspecified atom stereocenters. The zero-order chi connectivity index (χ0) is 21.5. The predicted molar refractivity (Wildman–Crippen MR) is 121 cm³/mol. The maximum Gasteiger partial charge on any atom is 0.232 e. The molecule has 0 aliphatic heterocycles. The van der Waals surface area contributed by atoms with Crippen LogP contribution in [-0.4, -0.2) is 51.5 Å². The number of hydrogen-bond donors (Lipinski definition) is 0. The largest absolute Gasteiger partial charge is 0.492 e. The van der Waals surface area contributed by atoms with Crippen molar-refractivity contribution >= 4 is 17.7 Å². The van der Waals surface area contributed by atoms with Crippen LogP contribution in [0.15, 0.2) is 53.7 Å². The summed E-state index contributed by atoms with van der Waals surface area (Å²) in [5, 5.41) is 9.46. The van der Waals surface area contributed by atoms with Crippen LogP contribution < -0.4 is 4.74 Å². The van der Waals surface area contributed by atoms with Crippen molar-refractivity contribution in [1.82, 2.24) is 19.7 Å². The summed E-state index contributed by atoms with van der Waals surface area (Å²) in [5.41, 5.74) is 3.41. The molecule has 0 spiro atoms. The van der Waals surface area contributed by atoms with Crippen LogP contribution in [0, 0.1) is 13.8 Å². The Hall–Kier alpha value is -2.80.